The summed E-state index contributed by atoms with van der Waals surface area (Å²) in [5, 5.41) is 2.17. The number of carbonyl (C=O) groups is 2. The van der Waals surface area contributed by atoms with Crippen LogP contribution in [-0.2, 0) is 27.2 Å². The van der Waals surface area contributed by atoms with E-state index in [1.807, 2.05) is 6.07 Å². The summed E-state index contributed by atoms with van der Waals surface area (Å²) in [5.74, 6) is -2.65. The van der Waals surface area contributed by atoms with Gasteiger partial charge in [0, 0.05) is 11.0 Å². The Balaban J connectivity index is 1.43. The van der Waals surface area contributed by atoms with E-state index >= 15 is 0 Å². The zero-order chi connectivity index (χ0) is 18.5. The lowest BCUT2D eigenvalue weighted by molar-refractivity contribution is -0.144. The Labute approximate surface area is 153 Å². The molecule has 0 atom stereocenters. The Morgan fingerprint density at radius 3 is 2.73 bits per heavy atom. The van der Waals surface area contributed by atoms with Crippen LogP contribution in [0.4, 0.5) is 14.5 Å². The molecule has 3 rings (SSSR count). The number of halogens is 2. The monoisotopic (exact) mass is 377 g/mol. The molecule has 0 saturated heterocycles. The number of aryl methyl sites for hydroxylation is 2. The van der Waals surface area contributed by atoms with Gasteiger partial charge >= 0.3 is 5.97 Å². The first-order chi connectivity index (χ1) is 12.5. The number of esters is 1. The number of hydrogen-bond acceptors (Lipinski definition) is 4. The van der Waals surface area contributed by atoms with E-state index in [1.54, 1.807) is 0 Å². The third-order valence-corrected chi connectivity index (χ3v) is 4.96. The first kappa shape index (κ1) is 18.4. The fourth-order valence-electron chi connectivity index (χ4n) is 2.75. The molecule has 7 heteroatoms. The number of carbonyl (C=O) groups excluding carboxylic acids is 2. The minimum Gasteiger partial charge on any atom is -0.455 e. The standard InChI is InChI=1S/C19H17F2NO3S/c20-14-5-7-16(21)17(9-14)22-18(23)10-25-19(24)11-26-15-6-4-12-2-1-3-13(12)8-15/h4-9H,1-3,10-11H2,(H,22,23). The van der Waals surface area contributed by atoms with Crippen LogP contribution >= 0.6 is 11.8 Å². The minimum atomic E-state index is -0.766. The molecule has 0 saturated carbocycles. The summed E-state index contributed by atoms with van der Waals surface area (Å²) in [6.45, 7) is -0.556. The first-order valence-electron chi connectivity index (χ1n) is 8.16. The highest BCUT2D eigenvalue weighted by molar-refractivity contribution is 8.00. The zero-order valence-corrected chi connectivity index (χ0v) is 14.7. The van der Waals surface area contributed by atoms with Gasteiger partial charge in [-0.25, -0.2) is 8.78 Å². The van der Waals surface area contributed by atoms with Gasteiger partial charge in [-0.3, -0.25) is 9.59 Å². The number of benzene rings is 2. The van der Waals surface area contributed by atoms with Gasteiger partial charge < -0.3 is 10.1 Å². The normalized spacial score (nSPS) is 12.5. The van der Waals surface area contributed by atoms with Crippen molar-refractivity contribution in [2.75, 3.05) is 17.7 Å². The van der Waals surface area contributed by atoms with Crippen molar-refractivity contribution in [2.24, 2.45) is 0 Å². The predicted octanol–water partition coefficient (Wildman–Crippen LogP) is 3.73. The Bertz CT molecular complexity index is 842. The van der Waals surface area contributed by atoms with Gasteiger partial charge in [0.1, 0.15) is 11.6 Å². The van der Waals surface area contributed by atoms with Crippen molar-refractivity contribution in [3.05, 3.63) is 59.2 Å². The lowest BCUT2D eigenvalue weighted by Crippen LogP contribution is -2.22. The highest BCUT2D eigenvalue weighted by Gasteiger charge is 2.13. The maximum absolute atomic E-state index is 13.4. The van der Waals surface area contributed by atoms with E-state index in [9.17, 15) is 18.4 Å². The molecule has 1 aliphatic rings. The lowest BCUT2D eigenvalue weighted by atomic mass is 10.1. The molecule has 2 aromatic rings. The molecule has 136 valence electrons. The van der Waals surface area contributed by atoms with E-state index in [1.165, 1.54) is 22.9 Å². The maximum atomic E-state index is 13.4. The van der Waals surface area contributed by atoms with E-state index in [2.05, 4.69) is 17.4 Å². The molecule has 0 bridgehead atoms. The van der Waals surface area contributed by atoms with Crippen LogP contribution in [-0.4, -0.2) is 24.2 Å². The molecule has 0 radical (unpaired) electrons. The van der Waals surface area contributed by atoms with Gasteiger partial charge in [0.25, 0.3) is 5.91 Å². The number of fused-ring (bicyclic) bond motifs is 1. The summed E-state index contributed by atoms with van der Waals surface area (Å²) in [4.78, 5) is 24.4. The molecule has 2 aromatic carbocycles. The number of thioether (sulfide) groups is 1. The van der Waals surface area contributed by atoms with Crippen molar-refractivity contribution in [1.82, 2.24) is 0 Å². The van der Waals surface area contributed by atoms with Crippen molar-refractivity contribution in [2.45, 2.75) is 24.2 Å². The number of hydrogen-bond donors (Lipinski definition) is 1. The highest BCUT2D eigenvalue weighted by atomic mass is 32.2. The van der Waals surface area contributed by atoms with Crippen LogP contribution in [0.2, 0.25) is 0 Å². The molecular formula is C19H17F2NO3S. The van der Waals surface area contributed by atoms with Crippen molar-refractivity contribution in [3.8, 4) is 0 Å². The van der Waals surface area contributed by atoms with Gasteiger partial charge in [-0.05, 0) is 54.7 Å². The smallest absolute Gasteiger partial charge is 0.316 e. The fraction of sp³-hybridized carbons (Fsp3) is 0.263. The summed E-state index contributed by atoms with van der Waals surface area (Å²) in [6.07, 6.45) is 3.32. The third kappa shape index (κ3) is 4.82. The molecule has 0 unspecified atom stereocenters. The summed E-state index contributed by atoms with van der Waals surface area (Å²) < 4.78 is 31.4. The maximum Gasteiger partial charge on any atom is 0.316 e. The van der Waals surface area contributed by atoms with Gasteiger partial charge in [0.05, 0.1) is 11.4 Å². The minimum absolute atomic E-state index is 0.0698. The summed E-state index contributed by atoms with van der Waals surface area (Å²) in [7, 11) is 0. The fourth-order valence-corrected chi connectivity index (χ4v) is 3.51. The quantitative estimate of drug-likeness (QED) is 0.616. The average Bonchev–Trinajstić information content (AvgIpc) is 3.09. The molecule has 26 heavy (non-hydrogen) atoms. The lowest BCUT2D eigenvalue weighted by Gasteiger charge is -2.08. The molecule has 1 amide bonds. The topological polar surface area (TPSA) is 55.4 Å². The molecule has 0 aromatic heterocycles. The summed E-state index contributed by atoms with van der Waals surface area (Å²) in [5.41, 5.74) is 2.39. The van der Waals surface area contributed by atoms with Crippen molar-refractivity contribution >= 4 is 29.3 Å². The Kier molecular flexibility index (Phi) is 5.88. The van der Waals surface area contributed by atoms with Gasteiger partial charge in [0.2, 0.25) is 0 Å². The number of rotatable bonds is 6. The van der Waals surface area contributed by atoms with E-state index in [4.69, 9.17) is 4.74 Å². The second kappa shape index (κ2) is 8.31. The Hall–Kier alpha value is -2.41. The van der Waals surface area contributed by atoms with Crippen LogP contribution in [0.3, 0.4) is 0 Å². The predicted molar refractivity (Wildman–Crippen MR) is 95.1 cm³/mol. The van der Waals surface area contributed by atoms with Gasteiger partial charge in [0.15, 0.2) is 6.61 Å². The molecule has 0 fully saturated rings. The van der Waals surface area contributed by atoms with Crippen LogP contribution in [0.25, 0.3) is 0 Å². The van der Waals surface area contributed by atoms with Gasteiger partial charge in [-0.2, -0.15) is 0 Å². The summed E-state index contributed by atoms with van der Waals surface area (Å²) >= 11 is 1.34. The number of nitrogens with one attached hydrogen (secondary N) is 1. The van der Waals surface area contributed by atoms with Crippen LogP contribution in [0.1, 0.15) is 17.5 Å². The Morgan fingerprint density at radius 1 is 1.08 bits per heavy atom. The van der Waals surface area contributed by atoms with Crippen molar-refractivity contribution < 1.29 is 23.1 Å². The molecule has 0 aliphatic heterocycles. The highest BCUT2D eigenvalue weighted by Crippen LogP contribution is 2.27. The first-order valence-corrected chi connectivity index (χ1v) is 9.15. The summed E-state index contributed by atoms with van der Waals surface area (Å²) in [6, 6.07) is 8.85. The SMILES string of the molecule is O=C(COC(=O)CSc1ccc2c(c1)CCC2)Nc1cc(F)ccc1F. The van der Waals surface area contributed by atoms with Crippen molar-refractivity contribution in [1.29, 1.82) is 0 Å². The molecular weight excluding hydrogens is 360 g/mol. The van der Waals surface area contributed by atoms with E-state index in [0.29, 0.717) is 0 Å². The molecule has 4 nitrogen and oxygen atoms in total. The zero-order valence-electron chi connectivity index (χ0n) is 13.9. The number of ether oxygens (including phenoxy) is 1. The van der Waals surface area contributed by atoms with E-state index in [-0.39, 0.29) is 11.4 Å². The average molecular weight is 377 g/mol. The van der Waals surface area contributed by atoms with Crippen LogP contribution in [0.5, 0.6) is 0 Å². The van der Waals surface area contributed by atoms with Gasteiger partial charge in [-0.1, -0.05) is 6.07 Å². The number of anilines is 1. The van der Waals surface area contributed by atoms with Gasteiger partial charge in [-0.15, -0.1) is 11.8 Å². The van der Waals surface area contributed by atoms with Crippen LogP contribution in [0.15, 0.2) is 41.3 Å². The third-order valence-electron chi connectivity index (χ3n) is 3.99. The van der Waals surface area contributed by atoms with Crippen LogP contribution in [0, 0.1) is 11.6 Å². The second-order valence-corrected chi connectivity index (χ2v) is 6.95. The molecule has 0 spiro atoms. The largest absolute Gasteiger partial charge is 0.455 e. The Morgan fingerprint density at radius 2 is 1.88 bits per heavy atom. The van der Waals surface area contributed by atoms with Crippen molar-refractivity contribution in [3.63, 3.8) is 0 Å². The number of amides is 1. The molecule has 1 aliphatic carbocycles. The van der Waals surface area contributed by atoms with E-state index in [0.717, 1.165) is 42.4 Å². The second-order valence-electron chi connectivity index (χ2n) is 5.91. The van der Waals surface area contributed by atoms with Crippen LogP contribution < -0.4 is 5.32 Å². The molecule has 1 N–H and O–H groups in total. The molecule has 0 heterocycles. The van der Waals surface area contributed by atoms with E-state index < -0.39 is 30.1 Å².